The molecule has 1 aliphatic rings. The molecule has 7 heteroatoms. The number of carbonyl (C=O) groups is 1. The first-order valence-electron chi connectivity index (χ1n) is 11.5. The number of rotatable bonds is 5. The Bertz CT molecular complexity index is 1200. The molecule has 0 spiro atoms. The van der Waals surface area contributed by atoms with Crippen molar-refractivity contribution in [3.05, 3.63) is 65.2 Å². The zero-order valence-corrected chi connectivity index (χ0v) is 19.9. The number of nitrogens with zero attached hydrogens (tertiary/aromatic N) is 3. The average Bonchev–Trinajstić information content (AvgIpc) is 2.82. The lowest BCUT2D eigenvalue weighted by atomic mass is 10.0. The van der Waals surface area contributed by atoms with Crippen LogP contribution in [0.15, 0.2) is 48.5 Å². The quantitative estimate of drug-likeness (QED) is 0.600. The molecule has 0 atom stereocenters. The smallest absolute Gasteiger partial charge is 0.407 e. The number of pyridine rings is 1. The van der Waals surface area contributed by atoms with Gasteiger partial charge in [0, 0.05) is 37.1 Å². The molecule has 0 aliphatic carbocycles. The summed E-state index contributed by atoms with van der Waals surface area (Å²) in [4.78, 5) is 19.2. The molecule has 1 aliphatic heterocycles. The maximum atomic E-state index is 11.9. The number of nitriles is 1. The van der Waals surface area contributed by atoms with E-state index in [1.807, 2.05) is 63.2 Å². The largest absolute Gasteiger partial charge is 0.444 e. The third-order valence-electron chi connectivity index (χ3n) is 5.61. The highest BCUT2D eigenvalue weighted by Crippen LogP contribution is 2.27. The van der Waals surface area contributed by atoms with Crippen molar-refractivity contribution in [2.24, 2.45) is 0 Å². The third-order valence-corrected chi connectivity index (χ3v) is 5.61. The van der Waals surface area contributed by atoms with E-state index < -0.39 is 11.7 Å². The monoisotopic (exact) mass is 458 g/mol. The van der Waals surface area contributed by atoms with Crippen LogP contribution in [-0.4, -0.2) is 47.9 Å². The van der Waals surface area contributed by atoms with Crippen LogP contribution in [0.5, 0.6) is 0 Å². The SMILES string of the molecule is CC(C)(C)OC(=O)NCc1ccc(-c2cc(CN3CCOCC3)c3ccc(C#N)cc3n2)cc1. The van der Waals surface area contributed by atoms with Crippen LogP contribution in [0, 0.1) is 11.3 Å². The van der Waals surface area contributed by atoms with Gasteiger partial charge >= 0.3 is 6.09 Å². The number of alkyl carbamates (subject to hydrolysis) is 1. The third kappa shape index (κ3) is 6.10. The zero-order chi connectivity index (χ0) is 24.1. The van der Waals surface area contributed by atoms with Gasteiger partial charge in [0.05, 0.1) is 36.1 Å². The molecular formula is C27H30N4O3. The summed E-state index contributed by atoms with van der Waals surface area (Å²) in [7, 11) is 0. The molecule has 1 saturated heterocycles. The predicted octanol–water partition coefficient (Wildman–Crippen LogP) is 4.63. The fourth-order valence-corrected chi connectivity index (χ4v) is 3.93. The van der Waals surface area contributed by atoms with E-state index in [0.29, 0.717) is 12.1 Å². The van der Waals surface area contributed by atoms with Crippen LogP contribution in [0.25, 0.3) is 22.2 Å². The lowest BCUT2D eigenvalue weighted by Gasteiger charge is -2.27. The summed E-state index contributed by atoms with van der Waals surface area (Å²) in [5.41, 5.74) is 4.87. The highest BCUT2D eigenvalue weighted by atomic mass is 16.6. The summed E-state index contributed by atoms with van der Waals surface area (Å²) >= 11 is 0. The first kappa shape index (κ1) is 23.7. The summed E-state index contributed by atoms with van der Waals surface area (Å²) in [6.07, 6.45) is -0.436. The second-order valence-electron chi connectivity index (χ2n) is 9.45. The molecule has 4 rings (SSSR count). The molecule has 1 aromatic heterocycles. The number of hydrogen-bond acceptors (Lipinski definition) is 6. The number of fused-ring (bicyclic) bond motifs is 1. The molecule has 1 N–H and O–H groups in total. The molecule has 2 aromatic carbocycles. The van der Waals surface area contributed by atoms with Crippen molar-refractivity contribution >= 4 is 17.0 Å². The van der Waals surface area contributed by atoms with Gasteiger partial charge in [-0.3, -0.25) is 4.90 Å². The number of ether oxygens (including phenoxy) is 2. The molecule has 0 bridgehead atoms. The Morgan fingerprint density at radius 1 is 1.15 bits per heavy atom. The van der Waals surface area contributed by atoms with Gasteiger partial charge in [-0.15, -0.1) is 0 Å². The van der Waals surface area contributed by atoms with E-state index in [1.165, 1.54) is 5.56 Å². The van der Waals surface area contributed by atoms with Crippen molar-refractivity contribution in [3.63, 3.8) is 0 Å². The Hall–Kier alpha value is -3.47. The number of hydrogen-bond donors (Lipinski definition) is 1. The minimum absolute atomic E-state index is 0.383. The summed E-state index contributed by atoms with van der Waals surface area (Å²) in [6, 6.07) is 18.0. The molecule has 2 heterocycles. The van der Waals surface area contributed by atoms with E-state index in [1.54, 1.807) is 0 Å². The van der Waals surface area contributed by atoms with Crippen molar-refractivity contribution < 1.29 is 14.3 Å². The minimum atomic E-state index is -0.528. The first-order valence-corrected chi connectivity index (χ1v) is 11.5. The predicted molar refractivity (Wildman–Crippen MR) is 131 cm³/mol. The lowest BCUT2D eigenvalue weighted by Crippen LogP contribution is -2.35. The molecular weight excluding hydrogens is 428 g/mol. The topological polar surface area (TPSA) is 87.5 Å². The van der Waals surface area contributed by atoms with Crippen molar-refractivity contribution in [3.8, 4) is 17.3 Å². The standard InChI is InChI=1S/C27H30N4O3/c1-27(2,3)34-26(32)29-17-19-4-7-21(8-5-19)24-15-22(18-31-10-12-33-13-11-31)23-9-6-20(16-28)14-25(23)30-24/h4-9,14-15H,10-13,17-18H2,1-3H3,(H,29,32). The van der Waals surface area contributed by atoms with Crippen molar-refractivity contribution in [1.82, 2.24) is 15.2 Å². The number of morpholine rings is 1. The number of amides is 1. The molecule has 176 valence electrons. The summed E-state index contributed by atoms with van der Waals surface area (Å²) < 4.78 is 10.8. The number of nitrogens with one attached hydrogen (secondary N) is 1. The Kier molecular flexibility index (Phi) is 7.11. The number of carbonyl (C=O) groups excluding carboxylic acids is 1. The Morgan fingerprint density at radius 2 is 1.88 bits per heavy atom. The van der Waals surface area contributed by atoms with Gasteiger partial charge in [0.1, 0.15) is 5.60 Å². The van der Waals surface area contributed by atoms with Crippen LogP contribution in [0.1, 0.15) is 37.5 Å². The van der Waals surface area contributed by atoms with Gasteiger partial charge in [0.2, 0.25) is 0 Å². The molecule has 1 amide bonds. The van der Waals surface area contributed by atoms with Crippen LogP contribution >= 0.6 is 0 Å². The highest BCUT2D eigenvalue weighted by molar-refractivity contribution is 5.86. The van der Waals surface area contributed by atoms with Gasteiger partial charge in [0.15, 0.2) is 0 Å². The van der Waals surface area contributed by atoms with Gasteiger partial charge in [-0.05, 0) is 50.1 Å². The van der Waals surface area contributed by atoms with Crippen LogP contribution in [0.4, 0.5) is 4.79 Å². The Labute approximate surface area is 200 Å². The van der Waals surface area contributed by atoms with Crippen LogP contribution in [0.3, 0.4) is 0 Å². The van der Waals surface area contributed by atoms with Crippen LogP contribution in [0.2, 0.25) is 0 Å². The van der Waals surface area contributed by atoms with E-state index in [0.717, 1.165) is 60.6 Å². The van der Waals surface area contributed by atoms with Gasteiger partial charge in [-0.25, -0.2) is 9.78 Å². The van der Waals surface area contributed by atoms with E-state index in [4.69, 9.17) is 14.5 Å². The van der Waals surface area contributed by atoms with Gasteiger partial charge in [0.25, 0.3) is 0 Å². The fraction of sp³-hybridized carbons (Fsp3) is 0.370. The number of aromatic nitrogens is 1. The summed E-state index contributed by atoms with van der Waals surface area (Å²) in [5.74, 6) is 0. The van der Waals surface area contributed by atoms with Crippen molar-refractivity contribution in [2.45, 2.75) is 39.5 Å². The molecule has 7 nitrogen and oxygen atoms in total. The second-order valence-corrected chi connectivity index (χ2v) is 9.45. The molecule has 0 unspecified atom stereocenters. The zero-order valence-electron chi connectivity index (χ0n) is 19.9. The Morgan fingerprint density at radius 3 is 2.56 bits per heavy atom. The van der Waals surface area contributed by atoms with E-state index in [-0.39, 0.29) is 0 Å². The summed E-state index contributed by atoms with van der Waals surface area (Å²) in [5, 5.41) is 13.2. The van der Waals surface area contributed by atoms with Crippen LogP contribution < -0.4 is 5.32 Å². The molecule has 0 radical (unpaired) electrons. The maximum absolute atomic E-state index is 11.9. The lowest BCUT2D eigenvalue weighted by molar-refractivity contribution is 0.0343. The van der Waals surface area contributed by atoms with E-state index in [9.17, 15) is 10.1 Å². The highest BCUT2D eigenvalue weighted by Gasteiger charge is 2.17. The normalized spacial score (nSPS) is 14.5. The molecule has 1 fully saturated rings. The first-order chi connectivity index (χ1) is 16.3. The number of benzene rings is 2. The van der Waals surface area contributed by atoms with Crippen molar-refractivity contribution in [1.29, 1.82) is 5.26 Å². The minimum Gasteiger partial charge on any atom is -0.444 e. The second kappa shape index (κ2) is 10.2. The molecule has 34 heavy (non-hydrogen) atoms. The average molecular weight is 459 g/mol. The molecule has 0 saturated carbocycles. The van der Waals surface area contributed by atoms with E-state index in [2.05, 4.69) is 22.4 Å². The summed E-state index contributed by atoms with van der Waals surface area (Å²) in [6.45, 7) is 9.98. The maximum Gasteiger partial charge on any atom is 0.407 e. The molecule has 3 aromatic rings. The Balaban J connectivity index is 1.57. The van der Waals surface area contributed by atoms with Gasteiger partial charge in [-0.1, -0.05) is 30.3 Å². The van der Waals surface area contributed by atoms with Crippen molar-refractivity contribution in [2.75, 3.05) is 26.3 Å². The van der Waals surface area contributed by atoms with Crippen LogP contribution in [-0.2, 0) is 22.6 Å². The van der Waals surface area contributed by atoms with Gasteiger partial charge < -0.3 is 14.8 Å². The van der Waals surface area contributed by atoms with E-state index >= 15 is 0 Å². The van der Waals surface area contributed by atoms with Gasteiger partial charge in [-0.2, -0.15) is 5.26 Å². The fourth-order valence-electron chi connectivity index (χ4n) is 3.93.